The second kappa shape index (κ2) is 7.55. The maximum atomic E-state index is 12.0. The van der Waals surface area contributed by atoms with E-state index in [0.29, 0.717) is 28.0 Å². The molecule has 104 valence electrons. The highest BCUT2D eigenvalue weighted by molar-refractivity contribution is 9.10. The van der Waals surface area contributed by atoms with E-state index >= 15 is 0 Å². The quantitative estimate of drug-likeness (QED) is 0.805. The van der Waals surface area contributed by atoms with Crippen molar-refractivity contribution in [3.63, 3.8) is 0 Å². The Bertz CT molecular complexity index is 476. The van der Waals surface area contributed by atoms with Crippen LogP contribution in [0, 0.1) is 0 Å². The predicted molar refractivity (Wildman–Crippen MR) is 81.7 cm³/mol. The highest BCUT2D eigenvalue weighted by Crippen LogP contribution is 2.19. The van der Waals surface area contributed by atoms with Crippen LogP contribution in [0.1, 0.15) is 24.2 Å². The fourth-order valence-electron chi connectivity index (χ4n) is 1.63. The molecular weight excluding hydrogens is 328 g/mol. The van der Waals surface area contributed by atoms with Gasteiger partial charge in [-0.15, -0.1) is 12.6 Å². The van der Waals surface area contributed by atoms with E-state index in [0.717, 1.165) is 0 Å². The second-order valence-corrected chi connectivity index (χ2v) is 5.28. The first-order valence-electron chi connectivity index (χ1n) is 6.04. The zero-order chi connectivity index (χ0) is 14.4. The molecule has 2 amide bonds. The minimum atomic E-state index is -0.289. The maximum Gasteiger partial charge on any atom is 0.252 e. The number of nitrogens with one attached hydrogen (secondary N) is 1. The van der Waals surface area contributed by atoms with Crippen LogP contribution in [-0.4, -0.2) is 36.3 Å². The summed E-state index contributed by atoms with van der Waals surface area (Å²) >= 11 is 7.50. The summed E-state index contributed by atoms with van der Waals surface area (Å²) < 4.78 is 0.679. The van der Waals surface area contributed by atoms with Gasteiger partial charge in [-0.2, -0.15) is 0 Å². The number of carbonyl (C=O) groups excluding carboxylic acids is 2. The lowest BCUT2D eigenvalue weighted by Crippen LogP contribution is -2.40. The summed E-state index contributed by atoms with van der Waals surface area (Å²) in [5, 5.41) is 2.62. The molecule has 0 bridgehead atoms. The monoisotopic (exact) mass is 344 g/mol. The molecule has 0 spiro atoms. The number of nitrogens with zero attached hydrogens (tertiary/aromatic N) is 1. The minimum Gasteiger partial charge on any atom is -0.343 e. The summed E-state index contributed by atoms with van der Waals surface area (Å²) in [6, 6.07) is 5.19. The van der Waals surface area contributed by atoms with Crippen molar-refractivity contribution in [3.05, 3.63) is 28.2 Å². The molecule has 4 nitrogen and oxygen atoms in total. The van der Waals surface area contributed by atoms with Gasteiger partial charge in [-0.25, -0.2) is 0 Å². The molecule has 0 aliphatic carbocycles. The number of thiol groups is 1. The fourth-order valence-corrected chi connectivity index (χ4v) is 2.26. The van der Waals surface area contributed by atoms with E-state index in [1.807, 2.05) is 13.8 Å². The topological polar surface area (TPSA) is 49.4 Å². The highest BCUT2D eigenvalue weighted by Gasteiger charge is 2.14. The van der Waals surface area contributed by atoms with E-state index in [2.05, 4.69) is 33.9 Å². The molecule has 0 aliphatic rings. The molecule has 0 saturated heterocycles. The number of rotatable bonds is 5. The van der Waals surface area contributed by atoms with Gasteiger partial charge in [0.15, 0.2) is 0 Å². The average molecular weight is 345 g/mol. The maximum absolute atomic E-state index is 12.0. The van der Waals surface area contributed by atoms with Gasteiger partial charge in [0.1, 0.15) is 0 Å². The first-order chi connectivity index (χ1) is 8.99. The van der Waals surface area contributed by atoms with Crippen molar-refractivity contribution in [3.8, 4) is 0 Å². The summed E-state index contributed by atoms with van der Waals surface area (Å²) in [5.74, 6) is -0.375. The van der Waals surface area contributed by atoms with Crippen molar-refractivity contribution in [2.24, 2.45) is 0 Å². The Kier molecular flexibility index (Phi) is 6.37. The van der Waals surface area contributed by atoms with E-state index < -0.39 is 0 Å². The molecule has 1 aromatic carbocycles. The first kappa shape index (κ1) is 16.0. The van der Waals surface area contributed by atoms with Crippen LogP contribution in [0.25, 0.3) is 0 Å². The van der Waals surface area contributed by atoms with Crippen LogP contribution < -0.4 is 5.32 Å². The van der Waals surface area contributed by atoms with E-state index in [9.17, 15) is 9.59 Å². The minimum absolute atomic E-state index is 0.00372. The molecule has 6 heteroatoms. The molecular formula is C13H17BrN2O2S. The zero-order valence-electron chi connectivity index (χ0n) is 10.9. The molecule has 19 heavy (non-hydrogen) atoms. The normalized spacial score (nSPS) is 10.1. The lowest BCUT2D eigenvalue weighted by molar-refractivity contribution is -0.129. The lowest BCUT2D eigenvalue weighted by Gasteiger charge is -2.18. The third-order valence-corrected chi connectivity index (χ3v) is 3.68. The van der Waals surface area contributed by atoms with E-state index in [1.54, 1.807) is 23.1 Å². The van der Waals surface area contributed by atoms with Crippen molar-refractivity contribution < 1.29 is 9.59 Å². The Hall–Kier alpha value is -1.01. The van der Waals surface area contributed by atoms with Crippen LogP contribution >= 0.6 is 28.6 Å². The number of amides is 2. The van der Waals surface area contributed by atoms with Crippen LogP contribution in [0.5, 0.6) is 0 Å². The van der Waals surface area contributed by atoms with Crippen LogP contribution in [0.4, 0.5) is 0 Å². The van der Waals surface area contributed by atoms with Gasteiger partial charge in [0.25, 0.3) is 5.91 Å². The standard InChI is InChI=1S/C13H17BrN2O2S/c1-3-16(4-2)12(17)8-15-13(18)10-7-9(19)5-6-11(10)14/h5-7,19H,3-4,8H2,1-2H3,(H,15,18). The van der Waals surface area contributed by atoms with Crippen LogP contribution in [0.3, 0.4) is 0 Å². The molecule has 0 atom stereocenters. The smallest absolute Gasteiger partial charge is 0.252 e. The van der Waals surface area contributed by atoms with Gasteiger partial charge in [0, 0.05) is 22.5 Å². The molecule has 1 rings (SSSR count). The van der Waals surface area contributed by atoms with Gasteiger partial charge >= 0.3 is 0 Å². The summed E-state index contributed by atoms with van der Waals surface area (Å²) in [5.41, 5.74) is 0.472. The largest absolute Gasteiger partial charge is 0.343 e. The molecule has 0 aromatic heterocycles. The van der Waals surface area contributed by atoms with Crippen molar-refractivity contribution in [2.75, 3.05) is 19.6 Å². The number of hydrogen-bond acceptors (Lipinski definition) is 3. The Morgan fingerprint density at radius 1 is 1.32 bits per heavy atom. The van der Waals surface area contributed by atoms with Crippen molar-refractivity contribution >= 4 is 40.4 Å². The van der Waals surface area contributed by atoms with Crippen LogP contribution in [0.15, 0.2) is 27.6 Å². The number of halogens is 1. The first-order valence-corrected chi connectivity index (χ1v) is 7.28. The van der Waals surface area contributed by atoms with Crippen LogP contribution in [0.2, 0.25) is 0 Å². The number of hydrogen-bond donors (Lipinski definition) is 2. The summed E-state index contributed by atoms with van der Waals surface area (Å²) in [4.78, 5) is 26.1. The molecule has 0 radical (unpaired) electrons. The van der Waals surface area contributed by atoms with Crippen molar-refractivity contribution in [1.82, 2.24) is 10.2 Å². The number of carbonyl (C=O) groups is 2. The molecule has 0 saturated carbocycles. The van der Waals surface area contributed by atoms with E-state index in [1.165, 1.54) is 0 Å². The summed E-state index contributed by atoms with van der Waals surface area (Å²) in [6.07, 6.45) is 0. The fraction of sp³-hybridized carbons (Fsp3) is 0.385. The predicted octanol–water partition coefficient (Wildman–Crippen LogP) is 2.34. The van der Waals surface area contributed by atoms with Crippen molar-refractivity contribution in [2.45, 2.75) is 18.7 Å². The number of benzene rings is 1. The van der Waals surface area contributed by atoms with E-state index in [4.69, 9.17) is 0 Å². The molecule has 0 unspecified atom stereocenters. The van der Waals surface area contributed by atoms with Gasteiger partial charge < -0.3 is 10.2 Å². The molecule has 1 N–H and O–H groups in total. The molecule has 0 fully saturated rings. The third-order valence-electron chi connectivity index (χ3n) is 2.71. The van der Waals surface area contributed by atoms with Crippen LogP contribution in [-0.2, 0) is 4.79 Å². The third kappa shape index (κ3) is 4.54. The van der Waals surface area contributed by atoms with Gasteiger partial charge in [-0.1, -0.05) is 0 Å². The van der Waals surface area contributed by atoms with E-state index in [-0.39, 0.29) is 18.4 Å². The SMILES string of the molecule is CCN(CC)C(=O)CNC(=O)c1cc(S)ccc1Br. The van der Waals surface area contributed by atoms with Gasteiger partial charge in [-0.3, -0.25) is 9.59 Å². The molecule has 1 aromatic rings. The Morgan fingerprint density at radius 2 is 1.95 bits per heavy atom. The summed E-state index contributed by atoms with van der Waals surface area (Å²) in [7, 11) is 0. The summed E-state index contributed by atoms with van der Waals surface area (Å²) in [6.45, 7) is 5.10. The average Bonchev–Trinajstić information content (AvgIpc) is 2.40. The Balaban J connectivity index is 2.65. The number of likely N-dealkylation sites (N-methyl/N-ethyl adjacent to an activating group) is 1. The zero-order valence-corrected chi connectivity index (χ0v) is 13.4. The van der Waals surface area contributed by atoms with Gasteiger partial charge in [0.2, 0.25) is 5.91 Å². The van der Waals surface area contributed by atoms with Gasteiger partial charge in [0.05, 0.1) is 12.1 Å². The Morgan fingerprint density at radius 3 is 2.53 bits per heavy atom. The van der Waals surface area contributed by atoms with Crippen molar-refractivity contribution in [1.29, 1.82) is 0 Å². The van der Waals surface area contributed by atoms with Gasteiger partial charge in [-0.05, 0) is 48.0 Å². The molecule has 0 heterocycles. The Labute approximate surface area is 127 Å². The lowest BCUT2D eigenvalue weighted by atomic mass is 10.2. The molecule has 0 aliphatic heterocycles. The highest BCUT2D eigenvalue weighted by atomic mass is 79.9. The second-order valence-electron chi connectivity index (χ2n) is 3.91.